The number of likely N-dealkylation sites (tertiary alicyclic amines) is 1. The number of anilines is 2. The normalized spacial score (nSPS) is 16.8. The van der Waals surface area contributed by atoms with Crippen LogP contribution in [0.4, 0.5) is 11.6 Å². The number of aliphatic hydroxyl groups is 1. The summed E-state index contributed by atoms with van der Waals surface area (Å²) in [7, 11) is 0. The van der Waals surface area contributed by atoms with Gasteiger partial charge in [-0.1, -0.05) is 18.2 Å². The number of para-hydroxylation sites is 1. The van der Waals surface area contributed by atoms with Gasteiger partial charge in [0.05, 0.1) is 30.1 Å². The summed E-state index contributed by atoms with van der Waals surface area (Å²) in [4.78, 5) is 39.0. The largest absolute Gasteiger partial charge is 0.478 e. The lowest BCUT2D eigenvalue weighted by atomic mass is 10.0. The highest BCUT2D eigenvalue weighted by molar-refractivity contribution is 5.94. The van der Waals surface area contributed by atoms with E-state index < -0.39 is 12.0 Å². The second-order valence-corrected chi connectivity index (χ2v) is 8.92. The molecule has 0 aliphatic carbocycles. The number of aromatic carboxylic acids is 1. The summed E-state index contributed by atoms with van der Waals surface area (Å²) in [6.07, 6.45) is 1.76. The van der Waals surface area contributed by atoms with Crippen LogP contribution in [0.3, 0.4) is 0 Å². The third kappa shape index (κ3) is 5.36. The second kappa shape index (κ2) is 10.3. The Labute approximate surface area is 202 Å². The lowest BCUT2D eigenvalue weighted by Crippen LogP contribution is -2.38. The molecule has 0 spiro atoms. The van der Waals surface area contributed by atoms with Gasteiger partial charge >= 0.3 is 5.97 Å². The zero-order valence-electron chi connectivity index (χ0n) is 19.7. The molecule has 2 atom stereocenters. The van der Waals surface area contributed by atoms with Crippen molar-refractivity contribution in [2.75, 3.05) is 30.3 Å². The summed E-state index contributed by atoms with van der Waals surface area (Å²) in [5.41, 5.74) is 2.11. The number of nitrogens with zero attached hydrogens (tertiary/aromatic N) is 1. The highest BCUT2D eigenvalue weighted by Crippen LogP contribution is 2.30. The van der Waals surface area contributed by atoms with E-state index in [-0.39, 0.29) is 42.0 Å². The van der Waals surface area contributed by atoms with Gasteiger partial charge in [0.25, 0.3) is 0 Å². The van der Waals surface area contributed by atoms with Crippen LogP contribution in [0.5, 0.6) is 0 Å². The molecule has 9 heteroatoms. The highest BCUT2D eigenvalue weighted by Gasteiger charge is 2.26. The molecule has 0 radical (unpaired) electrons. The molecule has 4 rings (SSSR count). The predicted molar refractivity (Wildman–Crippen MR) is 133 cm³/mol. The first kappa shape index (κ1) is 24.4. The fourth-order valence-corrected chi connectivity index (χ4v) is 4.60. The van der Waals surface area contributed by atoms with E-state index in [1.165, 1.54) is 12.1 Å². The second-order valence-electron chi connectivity index (χ2n) is 8.92. The van der Waals surface area contributed by atoms with Crippen LogP contribution in [0.2, 0.25) is 0 Å². The zero-order chi connectivity index (χ0) is 25.1. The number of benzene rings is 2. The van der Waals surface area contributed by atoms with Gasteiger partial charge in [0.15, 0.2) is 5.43 Å². The topological polar surface area (TPSA) is 132 Å². The van der Waals surface area contributed by atoms with Crippen LogP contribution in [0.15, 0.2) is 51.7 Å². The first-order valence-electron chi connectivity index (χ1n) is 11.6. The number of aliphatic hydroxyl groups excluding tert-OH is 1. The van der Waals surface area contributed by atoms with Crippen molar-refractivity contribution in [2.24, 2.45) is 0 Å². The van der Waals surface area contributed by atoms with E-state index in [1.54, 1.807) is 24.3 Å². The van der Waals surface area contributed by atoms with Crippen molar-refractivity contribution in [2.45, 2.75) is 38.8 Å². The van der Waals surface area contributed by atoms with Crippen molar-refractivity contribution in [3.63, 3.8) is 0 Å². The Morgan fingerprint density at radius 2 is 2.00 bits per heavy atom. The molecule has 1 saturated heterocycles. The van der Waals surface area contributed by atoms with Crippen molar-refractivity contribution >= 4 is 34.4 Å². The summed E-state index contributed by atoms with van der Waals surface area (Å²) in [6, 6.07) is 11.0. The van der Waals surface area contributed by atoms with E-state index in [1.807, 2.05) is 24.8 Å². The van der Waals surface area contributed by atoms with Crippen LogP contribution in [-0.2, 0) is 4.79 Å². The predicted octanol–water partition coefficient (Wildman–Crippen LogP) is 3.37. The molecule has 9 nitrogen and oxygen atoms in total. The van der Waals surface area contributed by atoms with E-state index in [4.69, 9.17) is 4.42 Å². The van der Waals surface area contributed by atoms with Gasteiger partial charge in [0.2, 0.25) is 11.8 Å². The minimum absolute atomic E-state index is 0.00303. The average molecular weight is 480 g/mol. The fourth-order valence-electron chi connectivity index (χ4n) is 4.60. The third-order valence-electron chi connectivity index (χ3n) is 6.32. The van der Waals surface area contributed by atoms with Gasteiger partial charge in [-0.25, -0.2) is 4.79 Å². The van der Waals surface area contributed by atoms with Crippen LogP contribution in [-0.4, -0.2) is 52.7 Å². The van der Waals surface area contributed by atoms with Crippen molar-refractivity contribution in [1.82, 2.24) is 4.90 Å². The number of carboxylic acid groups (broad SMARTS) is 1. The van der Waals surface area contributed by atoms with Crippen molar-refractivity contribution in [1.29, 1.82) is 0 Å². The van der Waals surface area contributed by atoms with Crippen LogP contribution in [0.1, 0.15) is 47.3 Å². The first-order valence-corrected chi connectivity index (χ1v) is 11.6. The SMILES string of the molecule is Cc1cc(C(C)Nc2ccccc2C(=O)O)c2oc(NC(=O)CN3CCCC3CO)cc(=O)c2c1. The fraction of sp³-hybridized carbons (Fsp3) is 0.346. The maximum Gasteiger partial charge on any atom is 0.337 e. The molecule has 184 valence electrons. The number of hydrogen-bond donors (Lipinski definition) is 4. The smallest absolute Gasteiger partial charge is 0.337 e. The Morgan fingerprint density at radius 3 is 2.74 bits per heavy atom. The van der Waals surface area contributed by atoms with Gasteiger partial charge in [-0.3, -0.25) is 19.8 Å². The van der Waals surface area contributed by atoms with Crippen LogP contribution < -0.4 is 16.1 Å². The molecular formula is C26H29N3O6. The number of nitrogens with one attached hydrogen (secondary N) is 2. The standard InChI is InChI=1S/C26H29N3O6/c1-15-10-19(16(2)27-21-8-4-3-7-18(21)26(33)34)25-20(11-15)22(31)12-24(35-25)28-23(32)13-29-9-5-6-17(29)14-30/h3-4,7-8,10-12,16-17,27,30H,5-6,9,13-14H2,1-2H3,(H,28,32)(H,33,34). The highest BCUT2D eigenvalue weighted by atomic mass is 16.4. The van der Waals surface area contributed by atoms with Gasteiger partial charge in [0.1, 0.15) is 5.58 Å². The molecule has 2 unspecified atom stereocenters. The van der Waals surface area contributed by atoms with E-state index in [0.29, 0.717) is 22.2 Å². The summed E-state index contributed by atoms with van der Waals surface area (Å²) in [5.74, 6) is -1.34. The van der Waals surface area contributed by atoms with Gasteiger partial charge in [-0.15, -0.1) is 0 Å². The number of carbonyl (C=O) groups is 2. The molecule has 1 aliphatic heterocycles. The maximum absolute atomic E-state index is 12.9. The molecule has 0 saturated carbocycles. The minimum atomic E-state index is -1.05. The summed E-state index contributed by atoms with van der Waals surface area (Å²) in [5, 5.41) is 25.2. The summed E-state index contributed by atoms with van der Waals surface area (Å²) >= 11 is 0. The van der Waals surface area contributed by atoms with Crippen molar-refractivity contribution < 1.29 is 24.2 Å². The molecule has 1 aliphatic rings. The average Bonchev–Trinajstić information content (AvgIpc) is 3.26. The van der Waals surface area contributed by atoms with E-state index >= 15 is 0 Å². The number of hydrogen-bond acceptors (Lipinski definition) is 7. The Kier molecular flexibility index (Phi) is 7.18. The Balaban J connectivity index is 1.64. The first-order chi connectivity index (χ1) is 16.8. The van der Waals surface area contributed by atoms with E-state index in [2.05, 4.69) is 10.6 Å². The third-order valence-corrected chi connectivity index (χ3v) is 6.32. The number of fused-ring (bicyclic) bond motifs is 1. The monoisotopic (exact) mass is 479 g/mol. The van der Waals surface area contributed by atoms with Crippen LogP contribution in [0, 0.1) is 6.92 Å². The van der Waals surface area contributed by atoms with Crippen molar-refractivity contribution in [3.8, 4) is 0 Å². The van der Waals surface area contributed by atoms with Gasteiger partial charge in [-0.05, 0) is 57.0 Å². The van der Waals surface area contributed by atoms with Gasteiger partial charge < -0.3 is 19.9 Å². The van der Waals surface area contributed by atoms with Crippen LogP contribution in [0.25, 0.3) is 11.0 Å². The van der Waals surface area contributed by atoms with Gasteiger partial charge in [0, 0.05) is 23.4 Å². The number of amides is 1. The lowest BCUT2D eigenvalue weighted by molar-refractivity contribution is -0.117. The molecule has 2 aromatic carbocycles. The maximum atomic E-state index is 12.9. The number of aryl methyl sites for hydroxylation is 1. The minimum Gasteiger partial charge on any atom is -0.478 e. The molecule has 1 amide bonds. The molecule has 0 bridgehead atoms. The molecule has 2 heterocycles. The summed E-state index contributed by atoms with van der Waals surface area (Å²) < 4.78 is 6.00. The molecule has 1 aromatic heterocycles. The van der Waals surface area contributed by atoms with Crippen LogP contribution >= 0.6 is 0 Å². The number of rotatable bonds is 8. The Bertz CT molecular complexity index is 1320. The van der Waals surface area contributed by atoms with E-state index in [9.17, 15) is 24.6 Å². The molecule has 1 fully saturated rings. The number of carboxylic acids is 1. The Morgan fingerprint density at radius 1 is 1.23 bits per heavy atom. The Hall–Kier alpha value is -3.69. The lowest BCUT2D eigenvalue weighted by Gasteiger charge is -2.22. The van der Waals surface area contributed by atoms with E-state index in [0.717, 1.165) is 24.9 Å². The molecule has 3 aromatic rings. The van der Waals surface area contributed by atoms with Gasteiger partial charge in [-0.2, -0.15) is 0 Å². The molecular weight excluding hydrogens is 450 g/mol. The molecule has 4 N–H and O–H groups in total. The zero-order valence-corrected chi connectivity index (χ0v) is 19.7. The van der Waals surface area contributed by atoms with Crippen molar-refractivity contribution in [3.05, 3.63) is 69.4 Å². The quantitative estimate of drug-likeness (QED) is 0.387. The summed E-state index contributed by atoms with van der Waals surface area (Å²) in [6.45, 7) is 4.53. The number of carbonyl (C=O) groups excluding carboxylic acids is 1. The molecule has 35 heavy (non-hydrogen) atoms.